The quantitative estimate of drug-likeness (QED) is 0.476. The van der Waals surface area contributed by atoms with Crippen molar-refractivity contribution >= 4 is 33.0 Å². The maximum absolute atomic E-state index is 13.0. The zero-order chi connectivity index (χ0) is 19.2. The van der Waals surface area contributed by atoms with Gasteiger partial charge in [-0.1, -0.05) is 48.9 Å². The number of halogens is 1. The Balaban J connectivity index is 2.07. The zero-order valence-electron chi connectivity index (χ0n) is 15.1. The van der Waals surface area contributed by atoms with Gasteiger partial charge in [-0.2, -0.15) is 0 Å². The van der Waals surface area contributed by atoms with Gasteiger partial charge in [0, 0.05) is 22.0 Å². The molecule has 0 aliphatic carbocycles. The van der Waals surface area contributed by atoms with Crippen LogP contribution in [0.25, 0.3) is 0 Å². The highest BCUT2D eigenvalue weighted by Gasteiger charge is 2.15. The predicted molar refractivity (Wildman–Crippen MR) is 108 cm³/mol. The molecule has 1 atom stereocenters. The number of benzene rings is 2. The van der Waals surface area contributed by atoms with Crippen LogP contribution in [-0.4, -0.2) is 40.4 Å². The molecule has 1 unspecified atom stereocenters. The number of Topliss-reactive ketones (excluding diaryl/α,β-unsaturated/α-hetero) is 1. The summed E-state index contributed by atoms with van der Waals surface area (Å²) in [5, 5.41) is 0.509. The van der Waals surface area contributed by atoms with E-state index in [0.717, 1.165) is 6.42 Å². The third-order valence-electron chi connectivity index (χ3n) is 4.01. The van der Waals surface area contributed by atoms with E-state index in [0.29, 0.717) is 27.6 Å². The van der Waals surface area contributed by atoms with Crippen LogP contribution in [0.2, 0.25) is 5.02 Å². The van der Waals surface area contributed by atoms with E-state index in [-0.39, 0.29) is 19.0 Å². The van der Waals surface area contributed by atoms with Crippen molar-refractivity contribution in [2.75, 3.05) is 20.2 Å². The molecular weight excluding hydrogens is 370 g/mol. The van der Waals surface area contributed by atoms with Crippen molar-refractivity contribution < 1.29 is 13.7 Å². The third kappa shape index (κ3) is 5.17. The molecule has 0 N–H and O–H groups in total. The van der Waals surface area contributed by atoms with Crippen LogP contribution in [0.15, 0.2) is 53.4 Å². The van der Waals surface area contributed by atoms with Crippen LogP contribution >= 0.6 is 11.6 Å². The molecule has 0 fully saturated rings. The van der Waals surface area contributed by atoms with Crippen molar-refractivity contribution in [2.24, 2.45) is 0 Å². The Hall–Kier alpha value is -1.66. The summed E-state index contributed by atoms with van der Waals surface area (Å²) < 4.78 is 20.3. The minimum Gasteiger partial charge on any atom is -0.369 e. The first kappa shape index (κ1) is 20.6. The molecule has 0 radical (unpaired) electrons. The number of carbonyl (C=O) groups is 1. The maximum atomic E-state index is 13.0. The van der Waals surface area contributed by atoms with Crippen molar-refractivity contribution in [3.63, 3.8) is 0 Å². The molecule has 0 aliphatic heterocycles. The van der Waals surface area contributed by atoms with E-state index in [1.807, 2.05) is 25.1 Å². The monoisotopic (exact) mass is 393 g/mol. The summed E-state index contributed by atoms with van der Waals surface area (Å²) in [4.78, 5) is 12.7. The first-order valence-corrected chi connectivity index (χ1v) is 10.5. The fourth-order valence-electron chi connectivity index (χ4n) is 2.46. The van der Waals surface area contributed by atoms with Crippen molar-refractivity contribution in [3.05, 3.63) is 64.7 Å². The topological polar surface area (TPSA) is 46.6 Å². The molecule has 0 saturated carbocycles. The summed E-state index contributed by atoms with van der Waals surface area (Å²) >= 11 is 6.23. The van der Waals surface area contributed by atoms with E-state index in [2.05, 4.69) is 5.87 Å². The van der Waals surface area contributed by atoms with Crippen LogP contribution in [0.4, 0.5) is 0 Å². The first-order valence-electron chi connectivity index (χ1n) is 8.39. The molecule has 6 heteroatoms. The van der Waals surface area contributed by atoms with Crippen molar-refractivity contribution in [3.8, 4) is 0 Å². The number of hydrogen-bond donors (Lipinski definition) is 0. The fraction of sp³-hybridized carbons (Fsp3) is 0.300. The van der Waals surface area contributed by atoms with Gasteiger partial charge in [-0.15, -0.1) is 0 Å². The van der Waals surface area contributed by atoms with Crippen LogP contribution in [0.5, 0.6) is 0 Å². The van der Waals surface area contributed by atoms with Gasteiger partial charge in [-0.25, -0.2) is 8.51 Å². The summed E-state index contributed by atoms with van der Waals surface area (Å²) in [7, 11) is -0.779. The molecule has 2 rings (SSSR count). The minimum atomic E-state index is -2.57. The minimum absolute atomic E-state index is 0.0416. The maximum Gasteiger partial charge on any atom is 0.188 e. The highest BCUT2D eigenvalue weighted by molar-refractivity contribution is 7.98. The zero-order valence-corrected chi connectivity index (χ0v) is 16.7. The summed E-state index contributed by atoms with van der Waals surface area (Å²) in [5.41, 5.74) is 1.29. The standard InChI is InChI=1S/C20H24ClNO3S/c1-4-12-22(2)26(3,24)18-10-11-19(21)17(13-18)14-25-15-20(23)16-8-6-5-7-9-16/h5-11,13H,3-4,12,14-15H2,1-2H3. The van der Waals surface area contributed by atoms with E-state index >= 15 is 0 Å². The lowest BCUT2D eigenvalue weighted by molar-refractivity contribution is 0.0726. The molecule has 0 saturated heterocycles. The number of rotatable bonds is 9. The molecule has 2 aromatic rings. The van der Waals surface area contributed by atoms with Crippen LogP contribution < -0.4 is 0 Å². The molecule has 0 aliphatic rings. The summed E-state index contributed by atoms with van der Waals surface area (Å²) in [6, 6.07) is 14.1. The lowest BCUT2D eigenvalue weighted by Gasteiger charge is -2.22. The molecule has 26 heavy (non-hydrogen) atoms. The van der Waals surface area contributed by atoms with Gasteiger partial charge in [-0.3, -0.25) is 4.79 Å². The molecule has 0 amide bonds. The smallest absolute Gasteiger partial charge is 0.188 e. The summed E-state index contributed by atoms with van der Waals surface area (Å²) in [6.45, 7) is 2.83. The van der Waals surface area contributed by atoms with Gasteiger partial charge >= 0.3 is 0 Å². The van der Waals surface area contributed by atoms with Gasteiger partial charge in [-0.05, 0) is 43.1 Å². The molecule has 0 aromatic heterocycles. The van der Waals surface area contributed by atoms with Gasteiger partial charge in [0.05, 0.1) is 16.3 Å². The molecular formula is C20H24ClNO3S. The summed E-state index contributed by atoms with van der Waals surface area (Å²) in [5.74, 6) is 3.80. The second-order valence-corrected chi connectivity index (χ2v) is 8.81. The fourth-order valence-corrected chi connectivity index (χ4v) is 4.08. The lowest BCUT2D eigenvalue weighted by atomic mass is 10.1. The normalized spacial score (nSPS) is 13.5. The lowest BCUT2D eigenvalue weighted by Crippen LogP contribution is -2.27. The Labute approximate surface area is 160 Å². The number of hydrogen-bond acceptors (Lipinski definition) is 3. The van der Waals surface area contributed by atoms with Gasteiger partial charge in [0.2, 0.25) is 0 Å². The number of ketones is 1. The van der Waals surface area contributed by atoms with Crippen molar-refractivity contribution in [2.45, 2.75) is 24.8 Å². The first-order chi connectivity index (χ1) is 12.4. The van der Waals surface area contributed by atoms with Gasteiger partial charge < -0.3 is 4.74 Å². The van der Waals surface area contributed by atoms with Crippen molar-refractivity contribution in [1.29, 1.82) is 0 Å². The Kier molecular flexibility index (Phi) is 7.41. The van der Waals surface area contributed by atoms with Gasteiger partial charge in [0.25, 0.3) is 0 Å². The molecule has 0 spiro atoms. The van der Waals surface area contributed by atoms with E-state index < -0.39 is 9.71 Å². The van der Waals surface area contributed by atoms with Crippen molar-refractivity contribution in [1.82, 2.24) is 4.31 Å². The molecule has 0 heterocycles. The van der Waals surface area contributed by atoms with E-state index in [9.17, 15) is 9.00 Å². The number of carbonyl (C=O) groups excluding carboxylic acids is 1. The van der Waals surface area contributed by atoms with Gasteiger partial charge in [0.1, 0.15) is 6.61 Å². The molecule has 140 valence electrons. The Morgan fingerprint density at radius 3 is 2.58 bits per heavy atom. The molecule has 0 bridgehead atoms. The second-order valence-electron chi connectivity index (χ2n) is 6.03. The average molecular weight is 394 g/mol. The van der Waals surface area contributed by atoms with E-state index in [1.165, 1.54) is 0 Å². The highest BCUT2D eigenvalue weighted by atomic mass is 35.5. The van der Waals surface area contributed by atoms with Crippen LogP contribution in [0.3, 0.4) is 0 Å². The highest BCUT2D eigenvalue weighted by Crippen LogP contribution is 2.23. The third-order valence-corrected chi connectivity index (χ3v) is 6.56. The van der Waals surface area contributed by atoms with E-state index in [1.54, 1.807) is 41.7 Å². The molecule has 2 aromatic carbocycles. The Morgan fingerprint density at radius 2 is 1.92 bits per heavy atom. The van der Waals surface area contributed by atoms with Crippen LogP contribution in [0.1, 0.15) is 29.3 Å². The SMILES string of the molecule is C=S(=O)(c1ccc(Cl)c(COCC(=O)c2ccccc2)c1)N(C)CCC. The molecule has 4 nitrogen and oxygen atoms in total. The Bertz CT molecular complexity index is 851. The average Bonchev–Trinajstić information content (AvgIpc) is 2.63. The van der Waals surface area contributed by atoms with Crippen LogP contribution in [0, 0.1) is 0 Å². The summed E-state index contributed by atoms with van der Waals surface area (Å²) in [6.07, 6.45) is 0.883. The van der Waals surface area contributed by atoms with Gasteiger partial charge in [0.15, 0.2) is 5.78 Å². The van der Waals surface area contributed by atoms with E-state index in [4.69, 9.17) is 16.3 Å². The van der Waals surface area contributed by atoms with Crippen LogP contribution in [-0.2, 0) is 21.1 Å². The predicted octanol–water partition coefficient (Wildman–Crippen LogP) is 4.07. The Morgan fingerprint density at radius 1 is 1.23 bits per heavy atom. The number of ether oxygens (including phenoxy) is 1. The largest absolute Gasteiger partial charge is 0.369 e. The number of nitrogens with zero attached hydrogens (tertiary/aromatic N) is 1. The second kappa shape index (κ2) is 9.33.